The highest BCUT2D eigenvalue weighted by atomic mass is 31.0. The van der Waals surface area contributed by atoms with Crippen molar-refractivity contribution in [1.82, 2.24) is 0 Å². The van der Waals surface area contributed by atoms with Gasteiger partial charge in [-0.15, -0.1) is 0 Å². The molecule has 0 N–H and O–H groups in total. The summed E-state index contributed by atoms with van der Waals surface area (Å²) in [5.41, 5.74) is 16.5. The molecule has 338 valence electrons. The van der Waals surface area contributed by atoms with E-state index >= 15 is 0 Å². The standard InChI is InChI=1S/C61H63P3Si4/c1-65(2,3)56-50(44-29-17-11-18-30-44)41-52(46-33-21-13-22-34-46)58(62-56)67(7,8)60-54(48-37-25-15-26-38-48)43-55(49-39-27-16-28-40-49)61(64-60)68(9,10)59-53(47-35-23-14-24-36-47)42-51(45-31-19-12-20-32-45)57(63-59)66(4,5)6/h11-43H,1-10H3. The van der Waals surface area contributed by atoms with Crippen LogP contribution in [0.3, 0.4) is 0 Å². The van der Waals surface area contributed by atoms with E-state index in [4.69, 9.17) is 0 Å². The van der Waals surface area contributed by atoms with Gasteiger partial charge in [-0.1, -0.05) is 272 Å². The highest BCUT2D eigenvalue weighted by Gasteiger charge is 2.40. The molecule has 0 aliphatic rings. The summed E-state index contributed by atoms with van der Waals surface area (Å²) in [5.74, 6) is 0. The molecule has 0 amide bonds. The highest BCUT2D eigenvalue weighted by molar-refractivity contribution is 7.59. The lowest BCUT2D eigenvalue weighted by molar-refractivity contribution is 1.62. The van der Waals surface area contributed by atoms with E-state index < -0.39 is 32.3 Å². The average molecular weight is 1000 g/mol. The van der Waals surface area contributed by atoms with E-state index in [1.165, 1.54) is 91.3 Å². The largest absolute Gasteiger partial charge is 0.125 e. The average Bonchev–Trinajstić information content (AvgIpc) is 3.36. The molecule has 9 aromatic rings. The van der Waals surface area contributed by atoms with E-state index in [2.05, 4.69) is 266 Å². The van der Waals surface area contributed by atoms with Crippen LogP contribution in [0.5, 0.6) is 0 Å². The van der Waals surface area contributed by atoms with Crippen molar-refractivity contribution >= 4 is 86.4 Å². The van der Waals surface area contributed by atoms with Gasteiger partial charge in [-0.05, 0) is 114 Å². The van der Waals surface area contributed by atoms with E-state index in [0.717, 1.165) is 0 Å². The molecule has 3 aromatic heterocycles. The van der Waals surface area contributed by atoms with E-state index in [0.29, 0.717) is 0 Å². The molecular weight excluding hydrogens is 938 g/mol. The predicted molar refractivity (Wildman–Crippen MR) is 319 cm³/mol. The minimum absolute atomic E-state index is 1.32. The number of hydrogen-bond acceptors (Lipinski definition) is 0. The second kappa shape index (κ2) is 19.5. The summed E-state index contributed by atoms with van der Waals surface area (Å²) in [7, 11) is -4.46. The molecule has 0 fully saturated rings. The summed E-state index contributed by atoms with van der Waals surface area (Å²) < 4.78 is 0. The molecule has 0 saturated carbocycles. The van der Waals surface area contributed by atoms with E-state index in [-0.39, 0.29) is 0 Å². The first-order valence-electron chi connectivity index (χ1n) is 24.0. The third-order valence-corrected chi connectivity index (χ3v) is 38.1. The predicted octanol–water partition coefficient (Wildman–Crippen LogP) is 16.2. The Bertz CT molecular complexity index is 2990. The molecular formula is C61H63P3Si4. The lowest BCUT2D eigenvalue weighted by Gasteiger charge is -2.35. The third-order valence-electron chi connectivity index (χ3n) is 13.4. The van der Waals surface area contributed by atoms with Crippen LogP contribution in [0.15, 0.2) is 200 Å². The van der Waals surface area contributed by atoms with Crippen molar-refractivity contribution in [2.24, 2.45) is 0 Å². The first kappa shape index (κ1) is 48.2. The Morgan fingerprint density at radius 1 is 0.221 bits per heavy atom. The van der Waals surface area contributed by atoms with Gasteiger partial charge >= 0.3 is 0 Å². The molecule has 3 heterocycles. The van der Waals surface area contributed by atoms with Gasteiger partial charge in [0, 0.05) is 0 Å². The summed E-state index contributed by atoms with van der Waals surface area (Å²) in [6, 6.07) is 75.7. The van der Waals surface area contributed by atoms with Gasteiger partial charge in [-0.2, -0.15) is 0 Å². The molecule has 0 aliphatic carbocycles. The van der Waals surface area contributed by atoms with Gasteiger partial charge in [0.1, 0.15) is 16.1 Å². The zero-order chi connectivity index (χ0) is 47.8. The van der Waals surface area contributed by atoms with Crippen LogP contribution in [0.1, 0.15) is 0 Å². The Balaban J connectivity index is 1.40. The van der Waals surface area contributed by atoms with Gasteiger partial charge < -0.3 is 0 Å². The second-order valence-corrected chi connectivity index (χ2v) is 45.7. The minimum atomic E-state index is -2.51. The zero-order valence-corrected chi connectivity index (χ0v) is 48.1. The smallest absolute Gasteiger partial charge is 0.0768 e. The van der Waals surface area contributed by atoms with E-state index in [9.17, 15) is 0 Å². The maximum absolute atomic E-state index is 2.69. The first-order chi connectivity index (χ1) is 32.5. The van der Waals surface area contributed by atoms with Crippen LogP contribution in [-0.4, -0.2) is 32.3 Å². The van der Waals surface area contributed by atoms with Crippen LogP contribution in [0.25, 0.3) is 66.8 Å². The summed E-state index contributed by atoms with van der Waals surface area (Å²) in [4.78, 5) is 9.81. The normalized spacial score (nSPS) is 12.6. The molecule has 0 radical (unpaired) electrons. The Labute approximate surface area is 416 Å². The first-order valence-corrected chi connectivity index (χ1v) is 39.7. The Hall–Kier alpha value is -4.86. The van der Waals surface area contributed by atoms with Gasteiger partial charge in [0.15, 0.2) is 0 Å². The van der Waals surface area contributed by atoms with Crippen molar-refractivity contribution < 1.29 is 0 Å². The quantitative estimate of drug-likeness (QED) is 0.107. The Morgan fingerprint density at radius 2 is 0.382 bits per heavy atom. The number of rotatable bonds is 12. The van der Waals surface area contributed by atoms with Crippen molar-refractivity contribution in [3.8, 4) is 66.8 Å². The van der Waals surface area contributed by atoms with Gasteiger partial charge in [0.25, 0.3) is 0 Å². The highest BCUT2D eigenvalue weighted by Crippen LogP contribution is 2.39. The van der Waals surface area contributed by atoms with E-state index in [1.807, 2.05) is 0 Å². The molecule has 6 aromatic carbocycles. The summed E-state index contributed by atoms with van der Waals surface area (Å²) in [6.45, 7) is 26.1. The van der Waals surface area contributed by atoms with Gasteiger partial charge in [0.05, 0.1) is 16.1 Å². The van der Waals surface area contributed by atoms with Crippen LogP contribution in [-0.2, 0) is 0 Å². The lowest BCUT2D eigenvalue weighted by atomic mass is 10.0. The molecule has 9 rings (SSSR count). The Kier molecular flexibility index (Phi) is 13.8. The minimum Gasteiger partial charge on any atom is -0.0768 e. The molecule has 0 spiro atoms. The maximum Gasteiger partial charge on any atom is 0.125 e. The fourth-order valence-corrected chi connectivity index (χ4v) is 30.5. The molecule has 0 bridgehead atoms. The van der Waals surface area contributed by atoms with Gasteiger partial charge in [-0.3, -0.25) is 0 Å². The molecule has 0 atom stereocenters. The summed E-state index contributed by atoms with van der Waals surface area (Å²) in [5, 5.41) is 0. The van der Waals surface area contributed by atoms with Crippen molar-refractivity contribution in [2.45, 2.75) is 65.5 Å². The maximum atomic E-state index is 2.69. The van der Waals surface area contributed by atoms with Crippen LogP contribution in [0.2, 0.25) is 65.5 Å². The molecule has 0 aliphatic heterocycles. The van der Waals surface area contributed by atoms with E-state index in [1.54, 1.807) is 29.5 Å². The van der Waals surface area contributed by atoms with Crippen LogP contribution >= 0.6 is 24.6 Å². The Morgan fingerprint density at radius 3 is 0.559 bits per heavy atom. The van der Waals surface area contributed by atoms with Crippen LogP contribution in [0, 0.1) is 0 Å². The molecule has 0 unspecified atom stereocenters. The molecule has 68 heavy (non-hydrogen) atoms. The number of benzene rings is 6. The summed E-state index contributed by atoms with van der Waals surface area (Å²) >= 11 is 0. The topological polar surface area (TPSA) is 0 Å². The fourth-order valence-electron chi connectivity index (χ4n) is 9.84. The van der Waals surface area contributed by atoms with Crippen molar-refractivity contribution in [3.63, 3.8) is 0 Å². The molecule has 7 heteroatoms. The van der Waals surface area contributed by atoms with Crippen molar-refractivity contribution in [3.05, 3.63) is 200 Å². The van der Waals surface area contributed by atoms with Gasteiger partial charge in [-0.25, -0.2) is 0 Å². The SMILES string of the molecule is C[Si](C)(C)c1pc([Si](C)(C)c2pc([Si](C)(C)c3pc([Si](C)(C)C)c(-c4ccccc4)cc3-c3ccccc3)c(-c3ccccc3)cc2-c2ccccc2)c(-c2ccccc2)cc1-c1ccccc1. The lowest BCUT2D eigenvalue weighted by Crippen LogP contribution is -2.57. The molecule has 0 saturated heterocycles. The second-order valence-electron chi connectivity index (χ2n) is 21.3. The van der Waals surface area contributed by atoms with Crippen LogP contribution < -0.4 is 29.5 Å². The molecule has 0 nitrogen and oxygen atoms in total. The summed E-state index contributed by atoms with van der Waals surface area (Å²) in [6.07, 6.45) is 0. The van der Waals surface area contributed by atoms with Crippen molar-refractivity contribution in [2.75, 3.05) is 0 Å². The third kappa shape index (κ3) is 9.68. The fraction of sp³-hybridized carbons (Fsp3) is 0.164. The number of hydrogen-bond donors (Lipinski definition) is 0. The van der Waals surface area contributed by atoms with Gasteiger partial charge in [0.2, 0.25) is 0 Å². The van der Waals surface area contributed by atoms with Crippen molar-refractivity contribution in [1.29, 1.82) is 0 Å². The monoisotopic (exact) mass is 1000 g/mol. The zero-order valence-electron chi connectivity index (χ0n) is 41.4. The van der Waals surface area contributed by atoms with Crippen LogP contribution in [0.4, 0.5) is 0 Å².